The molecule has 0 saturated heterocycles. The summed E-state index contributed by atoms with van der Waals surface area (Å²) in [5.41, 5.74) is -1.32. The van der Waals surface area contributed by atoms with Crippen LogP contribution in [0.15, 0.2) is 12.7 Å². The molecule has 0 fully saturated rings. The third kappa shape index (κ3) is 4.78. The Morgan fingerprint density at radius 1 is 1.21 bits per heavy atom. The molecule has 0 rings (SSSR count). The molecule has 0 amide bonds. The minimum atomic E-state index is -1.32. The van der Waals surface area contributed by atoms with E-state index in [9.17, 15) is 9.59 Å². The van der Waals surface area contributed by atoms with Crippen LogP contribution in [0.5, 0.6) is 0 Å². The molecular formula is C15H22O4. The Hall–Kier alpha value is -1.76. The van der Waals surface area contributed by atoms with Gasteiger partial charge in [-0.1, -0.05) is 6.08 Å². The Morgan fingerprint density at radius 2 is 1.74 bits per heavy atom. The second-order valence-electron chi connectivity index (χ2n) is 3.94. The van der Waals surface area contributed by atoms with Gasteiger partial charge in [-0.3, -0.25) is 9.59 Å². The molecule has 0 aliphatic carbocycles. The predicted molar refractivity (Wildman–Crippen MR) is 73.2 cm³/mol. The Balaban J connectivity index is 5.28. The van der Waals surface area contributed by atoms with Crippen LogP contribution in [0, 0.1) is 17.3 Å². The highest BCUT2D eigenvalue weighted by atomic mass is 16.6. The number of rotatable bonds is 8. The van der Waals surface area contributed by atoms with Crippen molar-refractivity contribution in [2.75, 3.05) is 13.2 Å². The van der Waals surface area contributed by atoms with Gasteiger partial charge in [0.1, 0.15) is 0 Å². The first-order valence-corrected chi connectivity index (χ1v) is 6.44. The molecule has 106 valence electrons. The molecule has 0 unspecified atom stereocenters. The van der Waals surface area contributed by atoms with E-state index in [4.69, 9.17) is 9.47 Å². The number of ether oxygens (including phenoxy) is 2. The lowest BCUT2D eigenvalue weighted by Crippen LogP contribution is -2.41. The molecule has 0 heterocycles. The summed E-state index contributed by atoms with van der Waals surface area (Å²) in [6.45, 7) is 9.16. The molecule has 0 radical (unpaired) electrons. The lowest BCUT2D eigenvalue weighted by Gasteiger charge is -2.27. The van der Waals surface area contributed by atoms with E-state index in [-0.39, 0.29) is 26.1 Å². The summed E-state index contributed by atoms with van der Waals surface area (Å²) in [6, 6.07) is 0. The average molecular weight is 266 g/mol. The monoisotopic (exact) mass is 266 g/mol. The summed E-state index contributed by atoms with van der Waals surface area (Å²) < 4.78 is 10.0. The third-order valence-electron chi connectivity index (χ3n) is 2.68. The molecule has 0 aromatic carbocycles. The zero-order valence-electron chi connectivity index (χ0n) is 12.0. The first kappa shape index (κ1) is 17.2. The molecule has 0 aromatic rings. The number of carbonyl (C=O) groups excluding carboxylic acids is 2. The van der Waals surface area contributed by atoms with E-state index in [2.05, 4.69) is 18.4 Å². The highest BCUT2D eigenvalue weighted by Crippen LogP contribution is 2.32. The van der Waals surface area contributed by atoms with E-state index in [1.54, 1.807) is 20.8 Å². The largest absolute Gasteiger partial charge is 0.465 e. The van der Waals surface area contributed by atoms with Gasteiger partial charge in [0.25, 0.3) is 0 Å². The topological polar surface area (TPSA) is 52.6 Å². The number of hydrogen-bond acceptors (Lipinski definition) is 4. The number of esters is 2. The summed E-state index contributed by atoms with van der Waals surface area (Å²) >= 11 is 0. The highest BCUT2D eigenvalue weighted by Gasteiger charge is 2.47. The predicted octanol–water partition coefficient (Wildman–Crippen LogP) is 2.48. The van der Waals surface area contributed by atoms with Crippen molar-refractivity contribution in [2.45, 2.75) is 40.0 Å². The average Bonchev–Trinajstić information content (AvgIpc) is 2.38. The van der Waals surface area contributed by atoms with Crippen LogP contribution < -0.4 is 0 Å². The normalized spacial score (nSPS) is 10.1. The SMILES string of the molecule is C=CCC(CCC#CC)(C(=O)OCC)C(=O)OCC. The minimum Gasteiger partial charge on any atom is -0.465 e. The summed E-state index contributed by atoms with van der Waals surface area (Å²) in [5.74, 6) is 4.47. The van der Waals surface area contributed by atoms with Gasteiger partial charge in [0, 0.05) is 6.42 Å². The first-order valence-electron chi connectivity index (χ1n) is 6.44. The first-order chi connectivity index (χ1) is 9.08. The van der Waals surface area contributed by atoms with Crippen molar-refractivity contribution in [2.24, 2.45) is 5.41 Å². The van der Waals surface area contributed by atoms with Gasteiger partial charge in [-0.2, -0.15) is 0 Å². The van der Waals surface area contributed by atoms with Crippen molar-refractivity contribution in [3.63, 3.8) is 0 Å². The van der Waals surface area contributed by atoms with E-state index < -0.39 is 17.4 Å². The standard InChI is InChI=1S/C15H22O4/c1-5-9-10-12-15(11-6-2,13(16)18-7-3)14(17)19-8-4/h6H,2,7-8,10-12H2,1,3-4H3. The molecule has 0 atom stereocenters. The zero-order valence-corrected chi connectivity index (χ0v) is 12.0. The fourth-order valence-corrected chi connectivity index (χ4v) is 1.74. The molecular weight excluding hydrogens is 244 g/mol. The Kier molecular flexibility index (Phi) is 8.35. The van der Waals surface area contributed by atoms with Gasteiger partial charge in [-0.05, 0) is 33.6 Å². The third-order valence-corrected chi connectivity index (χ3v) is 2.68. The van der Waals surface area contributed by atoms with Crippen molar-refractivity contribution in [3.05, 3.63) is 12.7 Å². The van der Waals surface area contributed by atoms with Crippen LogP contribution in [0.25, 0.3) is 0 Å². The smallest absolute Gasteiger partial charge is 0.323 e. The second-order valence-corrected chi connectivity index (χ2v) is 3.94. The van der Waals surface area contributed by atoms with Crippen LogP contribution in [0.3, 0.4) is 0 Å². The van der Waals surface area contributed by atoms with E-state index in [0.29, 0.717) is 6.42 Å². The van der Waals surface area contributed by atoms with Gasteiger partial charge in [-0.15, -0.1) is 18.4 Å². The molecule has 0 N–H and O–H groups in total. The van der Waals surface area contributed by atoms with Gasteiger partial charge in [0.05, 0.1) is 13.2 Å². The summed E-state index contributed by atoms with van der Waals surface area (Å²) in [6.07, 6.45) is 2.43. The summed E-state index contributed by atoms with van der Waals surface area (Å²) in [5, 5.41) is 0. The molecule has 4 nitrogen and oxygen atoms in total. The molecule has 19 heavy (non-hydrogen) atoms. The van der Waals surface area contributed by atoms with Gasteiger partial charge in [0.2, 0.25) is 0 Å². The Morgan fingerprint density at radius 3 is 2.11 bits per heavy atom. The van der Waals surface area contributed by atoms with Gasteiger partial charge < -0.3 is 9.47 Å². The van der Waals surface area contributed by atoms with Crippen molar-refractivity contribution >= 4 is 11.9 Å². The van der Waals surface area contributed by atoms with Crippen LogP contribution in [0.2, 0.25) is 0 Å². The summed E-state index contributed by atoms with van der Waals surface area (Å²) in [4.78, 5) is 24.3. The van der Waals surface area contributed by atoms with Gasteiger partial charge in [0.15, 0.2) is 5.41 Å². The van der Waals surface area contributed by atoms with E-state index >= 15 is 0 Å². The van der Waals surface area contributed by atoms with Crippen molar-refractivity contribution < 1.29 is 19.1 Å². The minimum absolute atomic E-state index is 0.191. The fourth-order valence-electron chi connectivity index (χ4n) is 1.74. The number of allylic oxidation sites excluding steroid dienone is 1. The molecule has 0 saturated carbocycles. The zero-order chi connectivity index (χ0) is 14.7. The van der Waals surface area contributed by atoms with Crippen molar-refractivity contribution in [1.29, 1.82) is 0 Å². The van der Waals surface area contributed by atoms with Crippen LogP contribution in [-0.4, -0.2) is 25.2 Å². The maximum atomic E-state index is 12.1. The van der Waals surface area contributed by atoms with E-state index in [1.165, 1.54) is 6.08 Å². The lowest BCUT2D eigenvalue weighted by atomic mass is 9.80. The van der Waals surface area contributed by atoms with Crippen LogP contribution >= 0.6 is 0 Å². The highest BCUT2D eigenvalue weighted by molar-refractivity contribution is 6.00. The molecule has 4 heteroatoms. The molecule has 0 aromatic heterocycles. The lowest BCUT2D eigenvalue weighted by molar-refractivity contribution is -0.172. The quantitative estimate of drug-likeness (QED) is 0.293. The van der Waals surface area contributed by atoms with Crippen LogP contribution in [0.4, 0.5) is 0 Å². The van der Waals surface area contributed by atoms with Gasteiger partial charge in [-0.25, -0.2) is 0 Å². The van der Waals surface area contributed by atoms with Crippen LogP contribution in [0.1, 0.15) is 40.0 Å². The van der Waals surface area contributed by atoms with E-state index in [0.717, 1.165) is 0 Å². The number of hydrogen-bond donors (Lipinski definition) is 0. The maximum absolute atomic E-state index is 12.1. The molecule has 0 bridgehead atoms. The second kappa shape index (κ2) is 9.21. The van der Waals surface area contributed by atoms with Crippen molar-refractivity contribution in [1.82, 2.24) is 0 Å². The summed E-state index contributed by atoms with van der Waals surface area (Å²) in [7, 11) is 0. The molecule has 0 aliphatic rings. The van der Waals surface area contributed by atoms with Gasteiger partial charge >= 0.3 is 11.9 Å². The molecule has 0 spiro atoms. The maximum Gasteiger partial charge on any atom is 0.323 e. The Labute approximate surface area is 115 Å². The molecule has 0 aliphatic heterocycles. The van der Waals surface area contributed by atoms with Crippen molar-refractivity contribution in [3.8, 4) is 11.8 Å². The van der Waals surface area contributed by atoms with Crippen LogP contribution in [-0.2, 0) is 19.1 Å². The number of carbonyl (C=O) groups is 2. The van der Waals surface area contributed by atoms with E-state index in [1.807, 2.05) is 0 Å². The fraction of sp³-hybridized carbons (Fsp3) is 0.600. The Bertz CT molecular complexity index is 355.